The number of likely N-dealkylation sites (tertiary alicyclic amines) is 1. The second-order valence-corrected chi connectivity index (χ2v) is 9.70. The van der Waals surface area contributed by atoms with E-state index < -0.39 is 11.4 Å². The SMILES string of the molecule is COCCN1CCC(n2cc(-c3nc(N)ncc3F)c3cc(C#CC(C)(O)C4CC4)ncc32)CC1. The molecule has 5 rings (SSSR count). The van der Waals surface area contributed by atoms with E-state index in [9.17, 15) is 9.50 Å². The van der Waals surface area contributed by atoms with Gasteiger partial charge in [0, 0.05) is 49.9 Å². The van der Waals surface area contributed by atoms with Crippen molar-refractivity contribution in [2.45, 2.75) is 44.2 Å². The van der Waals surface area contributed by atoms with Gasteiger partial charge in [0.2, 0.25) is 5.95 Å². The van der Waals surface area contributed by atoms with E-state index in [2.05, 4.69) is 36.3 Å². The molecule has 1 unspecified atom stereocenters. The van der Waals surface area contributed by atoms with E-state index in [0.717, 1.165) is 69.0 Å². The van der Waals surface area contributed by atoms with Gasteiger partial charge in [-0.15, -0.1) is 0 Å². The Labute approximate surface area is 204 Å². The maximum absolute atomic E-state index is 14.8. The Balaban J connectivity index is 1.53. The Bertz CT molecular complexity index is 1280. The molecule has 184 valence electrons. The van der Waals surface area contributed by atoms with Crippen LogP contribution < -0.4 is 5.73 Å². The number of hydrogen-bond donors (Lipinski definition) is 2. The lowest BCUT2D eigenvalue weighted by Gasteiger charge is -2.32. The fourth-order valence-electron chi connectivity index (χ4n) is 4.86. The van der Waals surface area contributed by atoms with Crippen LogP contribution in [0, 0.1) is 23.6 Å². The number of methoxy groups -OCH3 is 1. The van der Waals surface area contributed by atoms with Crippen LogP contribution >= 0.6 is 0 Å². The van der Waals surface area contributed by atoms with Crippen molar-refractivity contribution < 1.29 is 14.2 Å². The Morgan fingerprint density at radius 1 is 1.23 bits per heavy atom. The molecule has 0 radical (unpaired) electrons. The number of nitrogens with two attached hydrogens (primary N) is 1. The lowest BCUT2D eigenvalue weighted by molar-refractivity contribution is 0.0980. The molecule has 1 saturated carbocycles. The molecule has 4 heterocycles. The third-order valence-corrected chi connectivity index (χ3v) is 7.12. The summed E-state index contributed by atoms with van der Waals surface area (Å²) in [4.78, 5) is 14.9. The third kappa shape index (κ3) is 5.01. The maximum Gasteiger partial charge on any atom is 0.220 e. The zero-order valence-electron chi connectivity index (χ0n) is 20.2. The number of aromatic nitrogens is 4. The van der Waals surface area contributed by atoms with Crippen molar-refractivity contribution >= 4 is 16.9 Å². The molecule has 1 aliphatic carbocycles. The number of hydrogen-bond acceptors (Lipinski definition) is 7. The molecule has 2 aliphatic rings. The molecule has 0 amide bonds. The summed E-state index contributed by atoms with van der Waals surface area (Å²) in [5.41, 5.74) is 6.98. The van der Waals surface area contributed by atoms with Gasteiger partial charge in [0.1, 0.15) is 17.0 Å². The first-order valence-electron chi connectivity index (χ1n) is 12.1. The van der Waals surface area contributed by atoms with Gasteiger partial charge < -0.3 is 25.0 Å². The summed E-state index contributed by atoms with van der Waals surface area (Å²) < 4.78 is 22.2. The first-order chi connectivity index (χ1) is 16.9. The highest BCUT2D eigenvalue weighted by Crippen LogP contribution is 2.39. The van der Waals surface area contributed by atoms with Crippen molar-refractivity contribution in [3.63, 3.8) is 0 Å². The number of nitrogen functional groups attached to an aromatic ring is 1. The van der Waals surface area contributed by atoms with Crippen molar-refractivity contribution in [2.75, 3.05) is 39.1 Å². The van der Waals surface area contributed by atoms with E-state index in [1.54, 1.807) is 20.2 Å². The quantitative estimate of drug-likeness (QED) is 0.525. The molecule has 0 spiro atoms. The fourth-order valence-corrected chi connectivity index (χ4v) is 4.86. The van der Waals surface area contributed by atoms with E-state index in [1.165, 1.54) is 0 Å². The predicted molar refractivity (Wildman–Crippen MR) is 132 cm³/mol. The molecule has 2 fully saturated rings. The van der Waals surface area contributed by atoms with Crippen molar-refractivity contribution in [3.8, 4) is 23.1 Å². The number of piperidine rings is 1. The van der Waals surface area contributed by atoms with Crippen LogP contribution in [-0.4, -0.2) is 68.5 Å². The first kappa shape index (κ1) is 23.7. The zero-order valence-corrected chi connectivity index (χ0v) is 20.2. The Morgan fingerprint density at radius 3 is 2.71 bits per heavy atom. The highest BCUT2D eigenvalue weighted by Gasteiger charge is 2.38. The third-order valence-electron chi connectivity index (χ3n) is 7.12. The normalized spacial score (nSPS) is 18.9. The number of fused-ring (bicyclic) bond motifs is 1. The largest absolute Gasteiger partial charge is 0.383 e. The van der Waals surface area contributed by atoms with E-state index in [4.69, 9.17) is 10.5 Å². The molecule has 1 atom stereocenters. The van der Waals surface area contributed by atoms with Crippen LogP contribution in [0.4, 0.5) is 10.3 Å². The highest BCUT2D eigenvalue weighted by atomic mass is 19.1. The second kappa shape index (κ2) is 9.53. The number of nitrogens with zero attached hydrogens (tertiary/aromatic N) is 5. The average Bonchev–Trinajstić information content (AvgIpc) is 3.66. The second-order valence-electron chi connectivity index (χ2n) is 9.70. The topological polar surface area (TPSA) is 102 Å². The molecule has 1 aliphatic heterocycles. The average molecular weight is 479 g/mol. The molecule has 35 heavy (non-hydrogen) atoms. The van der Waals surface area contributed by atoms with E-state index in [-0.39, 0.29) is 23.6 Å². The van der Waals surface area contributed by atoms with Gasteiger partial charge in [-0.2, -0.15) is 0 Å². The molecule has 0 bridgehead atoms. The van der Waals surface area contributed by atoms with Crippen molar-refractivity contribution in [2.24, 2.45) is 5.92 Å². The molecule has 3 N–H and O–H groups in total. The number of ether oxygens (including phenoxy) is 1. The van der Waals surface area contributed by atoms with Crippen molar-refractivity contribution in [3.05, 3.63) is 36.2 Å². The van der Waals surface area contributed by atoms with Gasteiger partial charge in [-0.25, -0.2) is 19.3 Å². The summed E-state index contributed by atoms with van der Waals surface area (Å²) in [5.74, 6) is 5.70. The summed E-state index contributed by atoms with van der Waals surface area (Å²) in [6, 6.07) is 2.10. The van der Waals surface area contributed by atoms with Crippen LogP contribution in [0.2, 0.25) is 0 Å². The van der Waals surface area contributed by atoms with Gasteiger partial charge in [0.25, 0.3) is 0 Å². The summed E-state index contributed by atoms with van der Waals surface area (Å²) in [5, 5.41) is 11.4. The van der Waals surface area contributed by atoms with Crippen molar-refractivity contribution in [1.29, 1.82) is 0 Å². The van der Waals surface area contributed by atoms with Crippen LogP contribution in [-0.2, 0) is 4.74 Å². The van der Waals surface area contributed by atoms with Crippen LogP contribution in [0.5, 0.6) is 0 Å². The zero-order chi connectivity index (χ0) is 24.6. The highest BCUT2D eigenvalue weighted by molar-refractivity contribution is 5.95. The molecule has 1 saturated heterocycles. The van der Waals surface area contributed by atoms with Gasteiger partial charge in [0.05, 0.1) is 24.5 Å². The van der Waals surface area contributed by atoms with Crippen LogP contribution in [0.25, 0.3) is 22.2 Å². The lowest BCUT2D eigenvalue weighted by atomic mass is 10.0. The predicted octanol–water partition coefficient (Wildman–Crippen LogP) is 3.01. The van der Waals surface area contributed by atoms with Gasteiger partial charge in [-0.1, -0.05) is 5.92 Å². The first-order valence-corrected chi connectivity index (χ1v) is 12.1. The Hall–Kier alpha value is -3.06. The van der Waals surface area contributed by atoms with Crippen LogP contribution in [0.15, 0.2) is 24.7 Å². The summed E-state index contributed by atoms with van der Waals surface area (Å²) in [6.45, 7) is 5.31. The smallest absolute Gasteiger partial charge is 0.220 e. The molecule has 9 heteroatoms. The Kier molecular flexibility index (Phi) is 6.45. The van der Waals surface area contributed by atoms with Crippen molar-refractivity contribution in [1.82, 2.24) is 24.4 Å². The van der Waals surface area contributed by atoms with Gasteiger partial charge in [-0.05, 0) is 50.5 Å². The molecule has 0 aromatic carbocycles. The van der Waals surface area contributed by atoms with Crippen LogP contribution in [0.3, 0.4) is 0 Å². The molecule has 3 aromatic heterocycles. The van der Waals surface area contributed by atoms with E-state index in [1.807, 2.05) is 12.3 Å². The number of pyridine rings is 1. The number of aliphatic hydroxyl groups is 1. The molecule has 3 aromatic rings. The summed E-state index contributed by atoms with van der Waals surface area (Å²) in [6.07, 6.45) is 8.74. The number of anilines is 1. The summed E-state index contributed by atoms with van der Waals surface area (Å²) >= 11 is 0. The van der Waals surface area contributed by atoms with Gasteiger partial charge >= 0.3 is 0 Å². The fraction of sp³-hybridized carbons (Fsp3) is 0.500. The van der Waals surface area contributed by atoms with E-state index in [0.29, 0.717) is 11.3 Å². The minimum Gasteiger partial charge on any atom is -0.383 e. The molecular formula is C26H31FN6O2. The molecular weight excluding hydrogens is 447 g/mol. The van der Waals surface area contributed by atoms with Gasteiger partial charge in [-0.3, -0.25) is 0 Å². The lowest BCUT2D eigenvalue weighted by Crippen LogP contribution is -2.36. The standard InChI is InChI=1S/C26H31FN6O2/c1-26(34,17-3-4-17)8-5-18-13-20-21(24-22(27)14-30-25(28)31-24)16-33(23(20)15-29-18)19-6-9-32(10-7-19)11-12-35-2/h13-17,19,34H,3-4,6-7,9-12H2,1-2H3,(H2,28,30,31). The summed E-state index contributed by atoms with van der Waals surface area (Å²) in [7, 11) is 1.72. The number of halogens is 1. The van der Waals surface area contributed by atoms with E-state index >= 15 is 0 Å². The van der Waals surface area contributed by atoms with Gasteiger partial charge in [0.15, 0.2) is 5.82 Å². The molecule has 8 nitrogen and oxygen atoms in total. The Morgan fingerprint density at radius 2 is 2.00 bits per heavy atom. The maximum atomic E-state index is 14.8. The van der Waals surface area contributed by atoms with Crippen LogP contribution in [0.1, 0.15) is 44.3 Å². The minimum absolute atomic E-state index is 0.0169. The minimum atomic E-state index is -1.03. The monoisotopic (exact) mass is 478 g/mol. The number of rotatable bonds is 6.